The van der Waals surface area contributed by atoms with Crippen molar-refractivity contribution >= 4 is 35.2 Å². The van der Waals surface area contributed by atoms with Crippen LogP contribution in [0.15, 0.2) is 46.9 Å². The highest BCUT2D eigenvalue weighted by Crippen LogP contribution is 2.47. The molecule has 30 heavy (non-hydrogen) atoms. The topological polar surface area (TPSA) is 65.8 Å². The summed E-state index contributed by atoms with van der Waals surface area (Å²) in [6, 6.07) is 11.1. The molecular weight excluding hydrogens is 402 g/mol. The van der Waals surface area contributed by atoms with Gasteiger partial charge in [-0.15, -0.1) is 0 Å². The maximum atomic E-state index is 12.5. The van der Waals surface area contributed by atoms with Gasteiger partial charge in [-0.3, -0.25) is 14.5 Å². The number of nitrogens with one attached hydrogen (secondary N) is 1. The van der Waals surface area contributed by atoms with Crippen LogP contribution in [0.2, 0.25) is 5.02 Å². The Hall–Kier alpha value is -2.57. The van der Waals surface area contributed by atoms with Gasteiger partial charge in [-0.25, -0.2) is 0 Å². The highest BCUT2D eigenvalue weighted by atomic mass is 35.5. The summed E-state index contributed by atoms with van der Waals surface area (Å²) in [6.07, 6.45) is 4.48. The second-order valence-corrected chi connectivity index (χ2v) is 8.43. The van der Waals surface area contributed by atoms with Crippen LogP contribution in [0.4, 0.5) is 5.69 Å². The zero-order valence-electron chi connectivity index (χ0n) is 17.0. The first-order valence-corrected chi connectivity index (χ1v) is 10.7. The van der Waals surface area contributed by atoms with Crippen molar-refractivity contribution in [3.05, 3.63) is 59.0 Å². The van der Waals surface area contributed by atoms with E-state index in [4.69, 9.17) is 16.0 Å². The van der Waals surface area contributed by atoms with Crippen LogP contribution in [0, 0.1) is 5.92 Å². The Bertz CT molecular complexity index is 947. The van der Waals surface area contributed by atoms with E-state index in [0.717, 1.165) is 5.76 Å². The van der Waals surface area contributed by atoms with Crippen LogP contribution in [0.5, 0.6) is 0 Å². The van der Waals surface area contributed by atoms with Crippen molar-refractivity contribution in [2.24, 2.45) is 5.92 Å². The molecule has 2 heterocycles. The number of hydrogen-bond donors (Lipinski definition) is 1. The van der Waals surface area contributed by atoms with E-state index in [1.165, 1.54) is 6.42 Å². The third-order valence-corrected chi connectivity index (χ3v) is 6.04. The van der Waals surface area contributed by atoms with E-state index in [0.29, 0.717) is 54.5 Å². The number of piperazine rings is 1. The number of benzene rings is 1. The van der Waals surface area contributed by atoms with Gasteiger partial charge >= 0.3 is 0 Å². The minimum atomic E-state index is -0.110. The number of halogens is 1. The van der Waals surface area contributed by atoms with Crippen LogP contribution in [0.25, 0.3) is 6.08 Å². The first-order chi connectivity index (χ1) is 14.5. The molecule has 1 N–H and O–H groups in total. The zero-order chi connectivity index (χ0) is 21.1. The third kappa shape index (κ3) is 5.12. The number of anilines is 1. The van der Waals surface area contributed by atoms with E-state index >= 15 is 0 Å². The fraction of sp³-hybridized carbons (Fsp3) is 0.391. The van der Waals surface area contributed by atoms with Crippen molar-refractivity contribution in [1.29, 1.82) is 0 Å². The fourth-order valence-corrected chi connectivity index (χ4v) is 3.90. The summed E-state index contributed by atoms with van der Waals surface area (Å²) in [6.45, 7) is 4.97. The number of carbonyl (C=O) groups is 2. The Labute approximate surface area is 181 Å². The predicted molar refractivity (Wildman–Crippen MR) is 117 cm³/mol. The molecule has 1 saturated heterocycles. The van der Waals surface area contributed by atoms with Crippen molar-refractivity contribution in [2.45, 2.75) is 19.3 Å². The molecule has 2 aliphatic rings. The highest BCUT2D eigenvalue weighted by Gasteiger charge is 2.36. The lowest BCUT2D eigenvalue weighted by atomic mass is 10.2. The Kier molecular flexibility index (Phi) is 6.25. The van der Waals surface area contributed by atoms with Gasteiger partial charge in [0.05, 0.1) is 17.3 Å². The lowest BCUT2D eigenvalue weighted by Crippen LogP contribution is -2.50. The van der Waals surface area contributed by atoms with Gasteiger partial charge in [-0.2, -0.15) is 0 Å². The molecule has 1 aliphatic heterocycles. The second-order valence-electron chi connectivity index (χ2n) is 8.02. The van der Waals surface area contributed by atoms with Crippen molar-refractivity contribution in [3.63, 3.8) is 0 Å². The molecule has 0 unspecified atom stereocenters. The van der Waals surface area contributed by atoms with Gasteiger partial charge in [0.2, 0.25) is 11.8 Å². The summed E-state index contributed by atoms with van der Waals surface area (Å²) < 4.78 is 5.81. The number of carbonyl (C=O) groups excluding carboxylic acids is 2. The minimum Gasteiger partial charge on any atom is -0.461 e. The average Bonchev–Trinajstić information content (AvgIpc) is 3.28. The molecule has 0 bridgehead atoms. The molecule has 2 amide bonds. The molecule has 2 aromatic rings. The van der Waals surface area contributed by atoms with Crippen molar-refractivity contribution in [1.82, 2.24) is 9.80 Å². The minimum absolute atomic E-state index is 0.0343. The monoisotopic (exact) mass is 427 g/mol. The molecule has 0 spiro atoms. The largest absolute Gasteiger partial charge is 0.461 e. The van der Waals surface area contributed by atoms with E-state index in [1.807, 2.05) is 29.2 Å². The van der Waals surface area contributed by atoms with Gasteiger partial charge in [0.1, 0.15) is 11.5 Å². The second kappa shape index (κ2) is 9.06. The van der Waals surface area contributed by atoms with E-state index in [2.05, 4.69) is 12.2 Å². The smallest absolute Gasteiger partial charge is 0.246 e. The molecule has 0 radical (unpaired) electrons. The molecule has 4 rings (SSSR count). The van der Waals surface area contributed by atoms with Gasteiger partial charge in [0, 0.05) is 38.2 Å². The molecule has 1 aromatic heterocycles. The lowest BCUT2D eigenvalue weighted by Gasteiger charge is -2.33. The number of furan rings is 1. The van der Waals surface area contributed by atoms with Gasteiger partial charge in [0.25, 0.3) is 0 Å². The Morgan fingerprint density at radius 2 is 1.90 bits per heavy atom. The zero-order valence-corrected chi connectivity index (χ0v) is 17.8. The number of para-hydroxylation sites is 1. The van der Waals surface area contributed by atoms with E-state index < -0.39 is 0 Å². The summed E-state index contributed by atoms with van der Waals surface area (Å²) in [5, 5.41) is 3.35. The van der Waals surface area contributed by atoms with Crippen LogP contribution in [-0.4, -0.2) is 54.3 Å². The maximum absolute atomic E-state index is 12.5. The first-order valence-electron chi connectivity index (χ1n) is 10.3. The maximum Gasteiger partial charge on any atom is 0.246 e. The summed E-state index contributed by atoms with van der Waals surface area (Å²) in [4.78, 5) is 28.6. The van der Waals surface area contributed by atoms with Gasteiger partial charge in [-0.05, 0) is 42.7 Å². The molecule has 158 valence electrons. The van der Waals surface area contributed by atoms with Crippen LogP contribution in [0.1, 0.15) is 30.8 Å². The summed E-state index contributed by atoms with van der Waals surface area (Å²) in [7, 11) is 0. The SMILES string of the molecule is C[C@H]1C[C@@H]1c1ccc(/C=C/C(=O)N2CCN(CC(=O)Nc3ccccc3Cl)CC2)o1. The summed E-state index contributed by atoms with van der Waals surface area (Å²) >= 11 is 6.08. The fourth-order valence-electron chi connectivity index (χ4n) is 3.72. The quantitative estimate of drug-likeness (QED) is 0.711. The number of nitrogens with zero attached hydrogens (tertiary/aromatic N) is 2. The molecule has 2 atom stereocenters. The molecular formula is C23H26ClN3O3. The normalized spacial score (nSPS) is 21.7. The molecule has 1 saturated carbocycles. The molecule has 1 aromatic carbocycles. The van der Waals surface area contributed by atoms with Crippen LogP contribution in [0.3, 0.4) is 0 Å². The van der Waals surface area contributed by atoms with Crippen LogP contribution in [-0.2, 0) is 9.59 Å². The van der Waals surface area contributed by atoms with Crippen LogP contribution < -0.4 is 5.32 Å². The standard InChI is InChI=1S/C23H26ClN3O3/c1-16-14-18(16)21-8-6-17(30-21)7-9-23(29)27-12-10-26(11-13-27)15-22(28)25-20-5-3-2-4-19(20)24/h2-9,16,18H,10-15H2,1H3,(H,25,28)/b9-7+/t16-,18-/m0/s1. The van der Waals surface area contributed by atoms with Crippen molar-refractivity contribution < 1.29 is 14.0 Å². The molecule has 1 aliphatic carbocycles. The Morgan fingerprint density at radius 3 is 2.60 bits per heavy atom. The van der Waals surface area contributed by atoms with Gasteiger partial charge in [0.15, 0.2) is 0 Å². The highest BCUT2D eigenvalue weighted by molar-refractivity contribution is 6.33. The van der Waals surface area contributed by atoms with Gasteiger partial charge in [-0.1, -0.05) is 30.7 Å². The van der Waals surface area contributed by atoms with Crippen LogP contribution >= 0.6 is 11.6 Å². The van der Waals surface area contributed by atoms with Crippen molar-refractivity contribution in [2.75, 3.05) is 38.0 Å². The van der Waals surface area contributed by atoms with Gasteiger partial charge < -0.3 is 14.6 Å². The third-order valence-electron chi connectivity index (χ3n) is 5.71. The Balaban J connectivity index is 1.22. The molecule has 2 fully saturated rings. The van der Waals surface area contributed by atoms with E-state index in [1.54, 1.807) is 29.2 Å². The number of amides is 2. The first kappa shape index (κ1) is 20.7. The number of rotatable bonds is 6. The number of hydrogen-bond acceptors (Lipinski definition) is 4. The average molecular weight is 428 g/mol. The summed E-state index contributed by atoms with van der Waals surface area (Å²) in [5.74, 6) is 2.81. The van der Waals surface area contributed by atoms with E-state index in [9.17, 15) is 9.59 Å². The van der Waals surface area contributed by atoms with E-state index in [-0.39, 0.29) is 18.4 Å². The molecule has 7 heteroatoms. The lowest BCUT2D eigenvalue weighted by molar-refractivity contribution is -0.127. The Morgan fingerprint density at radius 1 is 1.17 bits per heavy atom. The predicted octanol–water partition coefficient (Wildman–Crippen LogP) is 3.85. The molecule has 6 nitrogen and oxygen atoms in total. The summed E-state index contributed by atoms with van der Waals surface area (Å²) in [5.41, 5.74) is 0.611. The van der Waals surface area contributed by atoms with Crippen molar-refractivity contribution in [3.8, 4) is 0 Å².